The number of aromatic nitrogens is 4. The number of hydrogen-bond acceptors (Lipinski definition) is 8. The predicted octanol–water partition coefficient (Wildman–Crippen LogP) is 3.85. The number of alkyl halides is 6. The van der Waals surface area contributed by atoms with Gasteiger partial charge in [-0.05, 0) is 0 Å². The van der Waals surface area contributed by atoms with Gasteiger partial charge in [0.05, 0.1) is 27.7 Å². The average Bonchev–Trinajstić information content (AvgIpc) is 2.95. The van der Waals surface area contributed by atoms with Gasteiger partial charge in [-0.15, -0.1) is 0 Å². The summed E-state index contributed by atoms with van der Waals surface area (Å²) in [6, 6.07) is 0.997. The molecule has 2 heterocycles. The molecule has 0 aliphatic heterocycles. The third kappa shape index (κ3) is 9.01. The second-order valence-electron chi connectivity index (χ2n) is 8.91. The Labute approximate surface area is 259 Å². The topological polar surface area (TPSA) is 185 Å². The number of hydrogen-bond donors (Lipinski definition) is 1. The molecule has 2 aromatic carbocycles. The van der Waals surface area contributed by atoms with Gasteiger partial charge in [-0.3, -0.25) is 43.9 Å². The Balaban J connectivity index is 0.000000281. The van der Waals surface area contributed by atoms with Gasteiger partial charge in [-0.1, -0.05) is 0 Å². The fourth-order valence-corrected chi connectivity index (χ4v) is 3.44. The minimum Gasteiger partial charge on any atom is -0.292 e. The van der Waals surface area contributed by atoms with Crippen LogP contribution in [-0.2, 0) is 26.4 Å². The zero-order valence-electron chi connectivity index (χ0n) is 23.6. The van der Waals surface area contributed by atoms with Gasteiger partial charge in [-0.25, -0.2) is 27.3 Å². The van der Waals surface area contributed by atoms with E-state index in [2.05, 4.69) is 0 Å². The van der Waals surface area contributed by atoms with Crippen molar-refractivity contribution in [2.24, 2.45) is 14.1 Å². The molecule has 2 aromatic heterocycles. The number of aromatic amines is 1. The number of rotatable bonds is 3. The summed E-state index contributed by atoms with van der Waals surface area (Å²) in [5.41, 5.74) is -11.5. The molecule has 4 rings (SSSR count). The van der Waals surface area contributed by atoms with Gasteiger partial charge in [0.1, 0.15) is 11.4 Å². The number of halogens is 11. The summed E-state index contributed by atoms with van der Waals surface area (Å²) in [5, 5.41) is 20.5. The van der Waals surface area contributed by atoms with Crippen molar-refractivity contribution in [1.82, 2.24) is 18.7 Å². The van der Waals surface area contributed by atoms with Crippen LogP contribution in [0.15, 0.2) is 55.6 Å². The molecule has 0 aliphatic carbocycles. The molecular formula is C24H13F11N6O8. The Morgan fingerprint density at radius 2 is 1.04 bits per heavy atom. The highest BCUT2D eigenvalue weighted by Crippen LogP contribution is 2.28. The SMILES string of the molecule is Cn1c(C(F)(F)F)cc(=O)[nH]c1=O.Cn1c(C(F)(F)F)cc(=O)n(-c2cc(F)c([N+](=O)[O-])cc2F)c1=O.O=[N+]([O-])c1cc(F)c(F)cc1F. The molecule has 0 spiro atoms. The van der Waals surface area contributed by atoms with Crippen LogP contribution in [0.1, 0.15) is 11.4 Å². The fourth-order valence-electron chi connectivity index (χ4n) is 3.44. The van der Waals surface area contributed by atoms with Crippen molar-refractivity contribution in [2.75, 3.05) is 0 Å². The summed E-state index contributed by atoms with van der Waals surface area (Å²) < 4.78 is 139. The minimum atomic E-state index is -5.02. The average molecular weight is 722 g/mol. The Hall–Kier alpha value is -6.17. The summed E-state index contributed by atoms with van der Waals surface area (Å²) in [6.45, 7) is 0. The lowest BCUT2D eigenvalue weighted by atomic mass is 10.2. The van der Waals surface area contributed by atoms with Crippen LogP contribution >= 0.6 is 0 Å². The molecule has 49 heavy (non-hydrogen) atoms. The highest BCUT2D eigenvalue weighted by Gasteiger charge is 2.36. The molecule has 1 N–H and O–H groups in total. The number of nitrogens with zero attached hydrogens (tertiary/aromatic N) is 5. The summed E-state index contributed by atoms with van der Waals surface area (Å²) in [4.78, 5) is 64.8. The van der Waals surface area contributed by atoms with Crippen molar-refractivity contribution >= 4 is 11.4 Å². The summed E-state index contributed by atoms with van der Waals surface area (Å²) in [5.74, 6) is -7.37. The van der Waals surface area contributed by atoms with Crippen LogP contribution in [0.2, 0.25) is 0 Å². The maximum Gasteiger partial charge on any atom is 0.431 e. The molecule has 0 atom stereocenters. The van der Waals surface area contributed by atoms with Gasteiger partial charge in [-0.2, -0.15) is 35.1 Å². The normalized spacial score (nSPS) is 11.2. The van der Waals surface area contributed by atoms with Crippen LogP contribution in [0.5, 0.6) is 0 Å². The van der Waals surface area contributed by atoms with Crippen LogP contribution in [-0.4, -0.2) is 28.5 Å². The molecule has 264 valence electrons. The minimum absolute atomic E-state index is 0.0279. The quantitative estimate of drug-likeness (QED) is 0.143. The van der Waals surface area contributed by atoms with Crippen molar-refractivity contribution in [2.45, 2.75) is 12.4 Å². The lowest BCUT2D eigenvalue weighted by molar-refractivity contribution is -0.387. The highest BCUT2D eigenvalue weighted by molar-refractivity contribution is 5.44. The van der Waals surface area contributed by atoms with Crippen LogP contribution in [0.4, 0.5) is 59.7 Å². The van der Waals surface area contributed by atoms with E-state index in [4.69, 9.17) is 0 Å². The molecule has 25 heteroatoms. The molecule has 0 amide bonds. The maximum atomic E-state index is 13.9. The first-order valence-electron chi connectivity index (χ1n) is 12.0. The Morgan fingerprint density at radius 3 is 1.51 bits per heavy atom. The largest absolute Gasteiger partial charge is 0.431 e. The molecule has 0 unspecified atom stereocenters. The summed E-state index contributed by atoms with van der Waals surface area (Å²) in [7, 11) is 1.61. The smallest absolute Gasteiger partial charge is 0.292 e. The van der Waals surface area contributed by atoms with Gasteiger partial charge in [0, 0.05) is 38.4 Å². The molecule has 14 nitrogen and oxygen atoms in total. The van der Waals surface area contributed by atoms with E-state index in [1.807, 2.05) is 0 Å². The Morgan fingerprint density at radius 1 is 0.612 bits per heavy atom. The molecule has 0 fully saturated rings. The van der Waals surface area contributed by atoms with E-state index >= 15 is 0 Å². The van der Waals surface area contributed by atoms with Crippen LogP contribution in [0.3, 0.4) is 0 Å². The van der Waals surface area contributed by atoms with Crippen molar-refractivity contribution in [3.8, 4) is 5.69 Å². The molecule has 0 saturated heterocycles. The standard InChI is InChI=1S/C12H6F5N3O4.C6H5F3N2O2.C6H2F3NO2/c1-18-9(12(15,16)17)4-10(21)19(11(18)22)7-2-6(14)8(20(23)24)3-5(7)13;1-11-3(6(7,8)9)2-4(12)10-5(11)13;7-3-1-5(9)6(10(11)12)2-4(3)8/h2-4H,1H3;2H,1H3,(H,10,12,13);1-2H. The molecule has 0 saturated carbocycles. The van der Waals surface area contributed by atoms with Crippen molar-refractivity contribution in [3.63, 3.8) is 0 Å². The monoisotopic (exact) mass is 722 g/mol. The van der Waals surface area contributed by atoms with E-state index in [-0.39, 0.29) is 39.5 Å². The molecular weight excluding hydrogens is 709 g/mol. The second-order valence-corrected chi connectivity index (χ2v) is 8.91. The molecule has 4 aromatic rings. The third-order valence-corrected chi connectivity index (χ3v) is 5.71. The maximum absolute atomic E-state index is 13.9. The van der Waals surface area contributed by atoms with E-state index in [1.54, 1.807) is 4.98 Å². The third-order valence-electron chi connectivity index (χ3n) is 5.71. The number of nitro groups is 2. The first kappa shape index (κ1) is 39.0. The summed E-state index contributed by atoms with van der Waals surface area (Å²) >= 11 is 0. The van der Waals surface area contributed by atoms with Gasteiger partial charge in [0.2, 0.25) is 11.6 Å². The van der Waals surface area contributed by atoms with Crippen LogP contribution in [0, 0.1) is 49.3 Å². The van der Waals surface area contributed by atoms with E-state index < -0.39 is 102 Å². The van der Waals surface area contributed by atoms with E-state index in [0.29, 0.717) is 17.7 Å². The fraction of sp³-hybridized carbons (Fsp3) is 0.167. The van der Waals surface area contributed by atoms with Crippen molar-refractivity contribution in [1.29, 1.82) is 0 Å². The van der Waals surface area contributed by atoms with Gasteiger partial charge in [0.15, 0.2) is 17.5 Å². The lowest BCUT2D eigenvalue weighted by Crippen LogP contribution is -2.41. The van der Waals surface area contributed by atoms with Gasteiger partial charge in [0.25, 0.3) is 11.1 Å². The van der Waals surface area contributed by atoms with Crippen LogP contribution in [0.25, 0.3) is 5.69 Å². The van der Waals surface area contributed by atoms with Crippen molar-refractivity contribution in [3.05, 3.63) is 139 Å². The lowest BCUT2D eigenvalue weighted by Gasteiger charge is -2.14. The number of H-pyrrole nitrogens is 1. The van der Waals surface area contributed by atoms with Crippen molar-refractivity contribution < 1.29 is 58.1 Å². The number of nitro benzene ring substituents is 2. The Kier molecular flexibility index (Phi) is 11.4. The molecule has 0 aliphatic rings. The first-order chi connectivity index (χ1) is 22.3. The zero-order chi connectivity index (χ0) is 37.9. The zero-order valence-corrected chi connectivity index (χ0v) is 23.6. The highest BCUT2D eigenvalue weighted by atomic mass is 19.4. The predicted molar refractivity (Wildman–Crippen MR) is 139 cm³/mol. The van der Waals surface area contributed by atoms with Gasteiger partial charge < -0.3 is 0 Å². The van der Waals surface area contributed by atoms with E-state index in [1.165, 1.54) is 0 Å². The van der Waals surface area contributed by atoms with E-state index in [0.717, 1.165) is 7.05 Å². The van der Waals surface area contributed by atoms with E-state index in [9.17, 15) is 87.7 Å². The van der Waals surface area contributed by atoms with Gasteiger partial charge >= 0.3 is 35.1 Å². The number of nitrogens with one attached hydrogen (secondary N) is 1. The van der Waals surface area contributed by atoms with Crippen LogP contribution < -0.4 is 22.5 Å². The summed E-state index contributed by atoms with van der Waals surface area (Å²) in [6.07, 6.45) is -9.71. The molecule has 0 bridgehead atoms. The second kappa shape index (κ2) is 14.3. The first-order valence-corrected chi connectivity index (χ1v) is 12.0. The number of benzene rings is 2. The Bertz CT molecular complexity index is 2190. The molecule has 0 radical (unpaired) electrons.